The number of fused-ring (bicyclic) bond motifs is 2. The third-order valence-corrected chi connectivity index (χ3v) is 7.64. The highest BCUT2D eigenvalue weighted by atomic mass is 32.1. The van der Waals surface area contributed by atoms with Crippen molar-refractivity contribution in [1.82, 2.24) is 9.97 Å². The van der Waals surface area contributed by atoms with Gasteiger partial charge < -0.3 is 14.4 Å². The first kappa shape index (κ1) is 25.3. The smallest absolute Gasteiger partial charge is 0.420 e. The molecule has 0 unspecified atom stereocenters. The molecule has 1 fully saturated rings. The lowest BCUT2D eigenvalue weighted by Gasteiger charge is -2.28. The zero-order valence-electron chi connectivity index (χ0n) is 20.4. The summed E-state index contributed by atoms with van der Waals surface area (Å²) in [6.07, 6.45) is -4.67. The number of aromatic nitrogens is 2. The van der Waals surface area contributed by atoms with Crippen LogP contribution in [0.4, 0.5) is 24.9 Å². The number of nitrogens with zero attached hydrogens (tertiary/aromatic N) is 4. The molecule has 0 N–H and O–H groups in total. The van der Waals surface area contributed by atoms with Crippen molar-refractivity contribution in [1.29, 1.82) is 0 Å². The average molecular weight is 555 g/mol. The van der Waals surface area contributed by atoms with E-state index in [0.29, 0.717) is 72.7 Å². The van der Waals surface area contributed by atoms with E-state index in [1.807, 2.05) is 35.2 Å². The standard InChI is InChI=1S/C27H21F3N4O4S/c28-27(29,30)25(36)38-18-6-3-5-17(14-18)22-19-8-9-34(23(19)32-26(31-22)33-10-12-37-13-11-33)24(35)21-15-16-4-1-2-7-20(16)39-21/h1-7,14-15H,8-13H2. The van der Waals surface area contributed by atoms with Gasteiger partial charge in [0.05, 0.1) is 23.8 Å². The molecule has 12 heteroatoms. The SMILES string of the molecule is O=C(c1cc2ccccc2s1)N1CCc2c(-c3cccc(OC(=O)C(F)(F)F)c3)nc(N3CCOCC3)nc21. The Bertz CT molecular complexity index is 1550. The molecule has 4 aromatic rings. The number of alkyl halides is 3. The number of morpholine rings is 1. The number of carbonyl (C=O) groups excluding carboxylic acids is 2. The molecule has 4 heterocycles. The Morgan fingerprint density at radius 1 is 0.974 bits per heavy atom. The number of thiophene rings is 1. The molecule has 39 heavy (non-hydrogen) atoms. The number of ether oxygens (including phenoxy) is 2. The maximum atomic E-state index is 13.7. The lowest BCUT2D eigenvalue weighted by molar-refractivity contribution is -0.189. The van der Waals surface area contributed by atoms with Crippen LogP contribution in [0.5, 0.6) is 5.75 Å². The van der Waals surface area contributed by atoms with Crippen molar-refractivity contribution in [2.45, 2.75) is 12.6 Å². The average Bonchev–Trinajstić information content (AvgIpc) is 3.57. The van der Waals surface area contributed by atoms with Crippen molar-refractivity contribution in [3.63, 3.8) is 0 Å². The number of hydrogen-bond acceptors (Lipinski definition) is 8. The molecule has 0 saturated carbocycles. The number of rotatable bonds is 4. The largest absolute Gasteiger partial charge is 0.491 e. The van der Waals surface area contributed by atoms with Crippen LogP contribution in [0.2, 0.25) is 0 Å². The highest BCUT2D eigenvalue weighted by Crippen LogP contribution is 2.38. The van der Waals surface area contributed by atoms with Gasteiger partial charge in [-0.3, -0.25) is 9.69 Å². The molecule has 2 aliphatic heterocycles. The highest BCUT2D eigenvalue weighted by Gasteiger charge is 2.41. The first-order valence-electron chi connectivity index (χ1n) is 12.2. The molecule has 0 radical (unpaired) electrons. The number of amides is 1. The molecule has 200 valence electrons. The van der Waals surface area contributed by atoms with Crippen LogP contribution in [0.1, 0.15) is 15.2 Å². The molecule has 0 atom stereocenters. The molecule has 0 spiro atoms. The van der Waals surface area contributed by atoms with E-state index in [2.05, 4.69) is 4.74 Å². The first-order valence-corrected chi connectivity index (χ1v) is 13.0. The van der Waals surface area contributed by atoms with Crippen molar-refractivity contribution in [3.8, 4) is 17.0 Å². The van der Waals surface area contributed by atoms with Crippen LogP contribution in [-0.2, 0) is 16.0 Å². The van der Waals surface area contributed by atoms with E-state index < -0.39 is 12.1 Å². The summed E-state index contributed by atoms with van der Waals surface area (Å²) >= 11 is 1.41. The van der Waals surface area contributed by atoms with E-state index in [1.165, 1.54) is 29.5 Å². The second-order valence-corrected chi connectivity index (χ2v) is 10.1. The summed E-state index contributed by atoms with van der Waals surface area (Å²) in [4.78, 5) is 38.8. The number of benzene rings is 2. The Hall–Kier alpha value is -4.03. The summed E-state index contributed by atoms with van der Waals surface area (Å²) < 4.78 is 49.3. The predicted octanol–water partition coefficient (Wildman–Crippen LogP) is 4.87. The van der Waals surface area contributed by atoms with E-state index in [4.69, 9.17) is 14.7 Å². The van der Waals surface area contributed by atoms with Crippen LogP contribution in [0.15, 0.2) is 54.6 Å². The lowest BCUT2D eigenvalue weighted by atomic mass is 10.1. The zero-order chi connectivity index (χ0) is 27.1. The maximum Gasteiger partial charge on any atom is 0.491 e. The Labute approximate surface area is 224 Å². The summed E-state index contributed by atoms with van der Waals surface area (Å²) in [5.41, 5.74) is 1.62. The van der Waals surface area contributed by atoms with Gasteiger partial charge in [0, 0.05) is 35.5 Å². The van der Waals surface area contributed by atoms with Crippen molar-refractivity contribution in [3.05, 3.63) is 65.0 Å². The fraction of sp³-hybridized carbons (Fsp3) is 0.259. The minimum Gasteiger partial charge on any atom is -0.420 e. The normalized spacial score (nSPS) is 15.5. The second-order valence-electron chi connectivity index (χ2n) is 9.04. The fourth-order valence-corrected chi connectivity index (χ4v) is 5.69. The van der Waals surface area contributed by atoms with Crippen LogP contribution in [0, 0.1) is 0 Å². The van der Waals surface area contributed by atoms with Crippen LogP contribution in [0.3, 0.4) is 0 Å². The van der Waals surface area contributed by atoms with Crippen LogP contribution < -0.4 is 14.5 Å². The number of halogens is 3. The third-order valence-electron chi connectivity index (χ3n) is 6.54. The summed E-state index contributed by atoms with van der Waals surface area (Å²) in [6, 6.07) is 15.4. The molecule has 0 aliphatic carbocycles. The Balaban J connectivity index is 1.41. The number of esters is 1. The monoisotopic (exact) mass is 554 g/mol. The first-order chi connectivity index (χ1) is 18.8. The van der Waals surface area contributed by atoms with Gasteiger partial charge in [-0.25, -0.2) is 9.78 Å². The third kappa shape index (κ3) is 4.92. The van der Waals surface area contributed by atoms with Gasteiger partial charge >= 0.3 is 12.1 Å². The van der Waals surface area contributed by atoms with Crippen LogP contribution in [-0.4, -0.2) is 60.9 Å². The van der Waals surface area contributed by atoms with Gasteiger partial charge in [-0.15, -0.1) is 11.3 Å². The van der Waals surface area contributed by atoms with Gasteiger partial charge in [-0.2, -0.15) is 18.2 Å². The van der Waals surface area contributed by atoms with E-state index in [0.717, 1.165) is 10.1 Å². The molecule has 2 aromatic carbocycles. The molecule has 6 rings (SSSR count). The van der Waals surface area contributed by atoms with Gasteiger partial charge in [-0.05, 0) is 36.1 Å². The predicted molar refractivity (Wildman–Crippen MR) is 139 cm³/mol. The van der Waals surface area contributed by atoms with Crippen molar-refractivity contribution in [2.75, 3.05) is 42.6 Å². The van der Waals surface area contributed by atoms with Crippen molar-refractivity contribution < 1.29 is 32.2 Å². The summed E-state index contributed by atoms with van der Waals surface area (Å²) in [5, 5.41) is 0.980. The maximum absolute atomic E-state index is 13.7. The molecule has 2 aromatic heterocycles. The molecule has 8 nitrogen and oxygen atoms in total. The van der Waals surface area contributed by atoms with E-state index in [1.54, 1.807) is 11.0 Å². The quantitative estimate of drug-likeness (QED) is 0.263. The summed E-state index contributed by atoms with van der Waals surface area (Å²) in [7, 11) is 0. The minimum absolute atomic E-state index is 0.180. The minimum atomic E-state index is -5.12. The van der Waals surface area contributed by atoms with E-state index in [9.17, 15) is 22.8 Å². The van der Waals surface area contributed by atoms with Gasteiger partial charge in [0.15, 0.2) is 0 Å². The lowest BCUT2D eigenvalue weighted by Crippen LogP contribution is -2.38. The zero-order valence-corrected chi connectivity index (χ0v) is 21.2. The number of carbonyl (C=O) groups is 2. The van der Waals surface area contributed by atoms with Crippen LogP contribution in [0.25, 0.3) is 21.3 Å². The number of hydrogen-bond donors (Lipinski definition) is 0. The van der Waals surface area contributed by atoms with E-state index in [-0.39, 0.29) is 11.7 Å². The molecule has 2 aliphatic rings. The Morgan fingerprint density at radius 3 is 2.54 bits per heavy atom. The molecule has 0 bridgehead atoms. The summed E-state index contributed by atoms with van der Waals surface area (Å²) in [6.45, 7) is 2.45. The van der Waals surface area contributed by atoms with Crippen molar-refractivity contribution in [2.24, 2.45) is 0 Å². The van der Waals surface area contributed by atoms with Crippen molar-refractivity contribution >= 4 is 45.1 Å². The second kappa shape index (κ2) is 9.93. The van der Waals surface area contributed by atoms with Gasteiger partial charge in [-0.1, -0.05) is 30.3 Å². The Morgan fingerprint density at radius 2 is 1.77 bits per heavy atom. The summed E-state index contributed by atoms with van der Waals surface area (Å²) in [5.74, 6) is -1.89. The molecular weight excluding hydrogens is 533 g/mol. The van der Waals surface area contributed by atoms with Crippen LogP contribution >= 0.6 is 11.3 Å². The topological polar surface area (TPSA) is 84.9 Å². The number of anilines is 2. The molecular formula is C27H21F3N4O4S. The van der Waals surface area contributed by atoms with E-state index >= 15 is 0 Å². The highest BCUT2D eigenvalue weighted by molar-refractivity contribution is 7.20. The van der Waals surface area contributed by atoms with Gasteiger partial charge in [0.2, 0.25) is 5.95 Å². The Kier molecular flexibility index (Phi) is 6.43. The van der Waals surface area contributed by atoms with Gasteiger partial charge in [0.1, 0.15) is 11.6 Å². The molecule has 1 amide bonds. The molecule has 1 saturated heterocycles. The van der Waals surface area contributed by atoms with Gasteiger partial charge in [0.25, 0.3) is 5.91 Å². The fourth-order valence-electron chi connectivity index (χ4n) is 4.68.